The molecule has 0 aliphatic heterocycles. The van der Waals surface area contributed by atoms with Gasteiger partial charge in [0.1, 0.15) is 5.82 Å². The summed E-state index contributed by atoms with van der Waals surface area (Å²) in [5.74, 6) is 0.531. The second-order valence-electron chi connectivity index (χ2n) is 5.15. The van der Waals surface area contributed by atoms with Gasteiger partial charge in [0.05, 0.1) is 18.4 Å². The Morgan fingerprint density at radius 2 is 1.95 bits per heavy atom. The Morgan fingerprint density at radius 1 is 1.26 bits per heavy atom. The van der Waals surface area contributed by atoms with Gasteiger partial charge in [0, 0.05) is 6.04 Å². The van der Waals surface area contributed by atoms with E-state index >= 15 is 0 Å². The Hall–Kier alpha value is -1.58. The van der Waals surface area contributed by atoms with Gasteiger partial charge in [0.25, 0.3) is 0 Å². The van der Waals surface area contributed by atoms with E-state index in [1.165, 1.54) is 45.6 Å². The minimum Gasteiger partial charge on any atom is -0.465 e. The third-order valence-corrected chi connectivity index (χ3v) is 3.70. The van der Waals surface area contributed by atoms with Crippen LogP contribution in [-0.4, -0.2) is 24.1 Å². The summed E-state index contributed by atoms with van der Waals surface area (Å²) < 4.78 is 4.72. The summed E-state index contributed by atoms with van der Waals surface area (Å²) >= 11 is 0. The molecule has 1 fully saturated rings. The number of rotatable bonds is 3. The summed E-state index contributed by atoms with van der Waals surface area (Å²) in [6.45, 7) is 1.84. The third-order valence-electron chi connectivity index (χ3n) is 3.70. The summed E-state index contributed by atoms with van der Waals surface area (Å²) in [6, 6.07) is 4.16. The minimum atomic E-state index is -0.328. The zero-order valence-electron chi connectivity index (χ0n) is 11.7. The van der Waals surface area contributed by atoms with E-state index in [2.05, 4.69) is 10.3 Å². The van der Waals surface area contributed by atoms with E-state index < -0.39 is 0 Å². The molecule has 2 rings (SSSR count). The van der Waals surface area contributed by atoms with Crippen molar-refractivity contribution in [1.29, 1.82) is 0 Å². The van der Waals surface area contributed by atoms with Crippen molar-refractivity contribution in [2.45, 2.75) is 51.5 Å². The maximum atomic E-state index is 11.5. The first-order chi connectivity index (χ1) is 9.20. The molecule has 104 valence electrons. The fourth-order valence-electron chi connectivity index (χ4n) is 2.60. The van der Waals surface area contributed by atoms with Gasteiger partial charge in [0.15, 0.2) is 0 Å². The number of nitrogens with zero attached hydrogens (tertiary/aromatic N) is 1. The van der Waals surface area contributed by atoms with E-state index in [0.29, 0.717) is 17.3 Å². The van der Waals surface area contributed by atoms with Crippen LogP contribution in [0.4, 0.5) is 5.82 Å². The molecule has 19 heavy (non-hydrogen) atoms. The molecule has 0 amide bonds. The van der Waals surface area contributed by atoms with E-state index in [4.69, 9.17) is 4.74 Å². The van der Waals surface area contributed by atoms with Crippen LogP contribution in [0, 0.1) is 6.92 Å². The van der Waals surface area contributed by atoms with Crippen LogP contribution < -0.4 is 5.32 Å². The lowest BCUT2D eigenvalue weighted by Crippen LogP contribution is -2.19. The smallest absolute Gasteiger partial charge is 0.339 e. The van der Waals surface area contributed by atoms with Crippen molar-refractivity contribution in [2.24, 2.45) is 0 Å². The molecule has 1 saturated carbocycles. The number of aromatic nitrogens is 1. The summed E-state index contributed by atoms with van der Waals surface area (Å²) in [5.41, 5.74) is 1.25. The fourth-order valence-corrected chi connectivity index (χ4v) is 2.60. The first-order valence-corrected chi connectivity index (χ1v) is 7.03. The molecule has 0 bridgehead atoms. The summed E-state index contributed by atoms with van der Waals surface area (Å²) in [4.78, 5) is 16.0. The second kappa shape index (κ2) is 6.55. The van der Waals surface area contributed by atoms with Crippen molar-refractivity contribution in [2.75, 3.05) is 12.4 Å². The Kier molecular flexibility index (Phi) is 4.77. The monoisotopic (exact) mass is 262 g/mol. The second-order valence-corrected chi connectivity index (χ2v) is 5.15. The molecule has 0 unspecified atom stereocenters. The fraction of sp³-hybridized carbons (Fsp3) is 0.600. The number of hydrogen-bond acceptors (Lipinski definition) is 4. The molecule has 1 aliphatic rings. The maximum absolute atomic E-state index is 11.5. The van der Waals surface area contributed by atoms with Crippen LogP contribution in [0.2, 0.25) is 0 Å². The lowest BCUT2D eigenvalue weighted by Gasteiger charge is -2.17. The molecule has 0 spiro atoms. The van der Waals surface area contributed by atoms with Crippen LogP contribution in [0.5, 0.6) is 0 Å². The largest absolute Gasteiger partial charge is 0.465 e. The number of ether oxygens (including phenoxy) is 1. The Balaban J connectivity index is 2.04. The van der Waals surface area contributed by atoms with Crippen LogP contribution in [-0.2, 0) is 4.74 Å². The van der Waals surface area contributed by atoms with Gasteiger partial charge in [-0.15, -0.1) is 0 Å². The molecule has 4 heteroatoms. The molecule has 4 nitrogen and oxygen atoms in total. The van der Waals surface area contributed by atoms with Crippen molar-refractivity contribution in [3.63, 3.8) is 0 Å². The van der Waals surface area contributed by atoms with Gasteiger partial charge in [-0.3, -0.25) is 0 Å². The molecule has 1 aromatic heterocycles. The van der Waals surface area contributed by atoms with E-state index in [-0.39, 0.29) is 5.97 Å². The zero-order chi connectivity index (χ0) is 13.7. The predicted molar refractivity (Wildman–Crippen MR) is 75.4 cm³/mol. The molecule has 0 saturated heterocycles. The Morgan fingerprint density at radius 3 is 2.53 bits per heavy atom. The quantitative estimate of drug-likeness (QED) is 0.670. The summed E-state index contributed by atoms with van der Waals surface area (Å²) in [7, 11) is 1.39. The van der Waals surface area contributed by atoms with Gasteiger partial charge in [-0.05, 0) is 31.9 Å². The molecule has 1 N–H and O–H groups in total. The lowest BCUT2D eigenvalue weighted by atomic mass is 10.1. The first-order valence-electron chi connectivity index (χ1n) is 7.03. The number of hydrogen-bond donors (Lipinski definition) is 1. The van der Waals surface area contributed by atoms with E-state index in [1.807, 2.05) is 13.0 Å². The first kappa shape index (κ1) is 13.8. The third kappa shape index (κ3) is 3.69. The minimum absolute atomic E-state index is 0.328. The highest BCUT2D eigenvalue weighted by Gasteiger charge is 2.14. The average Bonchev–Trinajstić information content (AvgIpc) is 2.67. The summed E-state index contributed by atoms with van der Waals surface area (Å²) in [6.07, 6.45) is 7.67. The number of methoxy groups -OCH3 is 1. The lowest BCUT2D eigenvalue weighted by molar-refractivity contribution is 0.0599. The Labute approximate surface area is 114 Å². The topological polar surface area (TPSA) is 51.2 Å². The van der Waals surface area contributed by atoms with E-state index in [0.717, 1.165) is 5.82 Å². The number of anilines is 1. The number of aryl methyl sites for hydroxylation is 1. The number of carbonyl (C=O) groups is 1. The van der Waals surface area contributed by atoms with Gasteiger partial charge < -0.3 is 10.1 Å². The SMILES string of the molecule is COC(=O)c1ccc(NC2CCCCCC2)nc1C. The van der Waals surface area contributed by atoms with Crippen LogP contribution in [0.15, 0.2) is 12.1 Å². The highest BCUT2D eigenvalue weighted by atomic mass is 16.5. The molecule has 0 radical (unpaired) electrons. The van der Waals surface area contributed by atoms with Gasteiger partial charge in [-0.25, -0.2) is 9.78 Å². The van der Waals surface area contributed by atoms with Gasteiger partial charge in [-0.2, -0.15) is 0 Å². The average molecular weight is 262 g/mol. The van der Waals surface area contributed by atoms with Crippen LogP contribution in [0.1, 0.15) is 54.6 Å². The number of esters is 1. The van der Waals surface area contributed by atoms with E-state index in [9.17, 15) is 4.79 Å². The number of pyridine rings is 1. The van der Waals surface area contributed by atoms with Gasteiger partial charge >= 0.3 is 5.97 Å². The van der Waals surface area contributed by atoms with Crippen molar-refractivity contribution in [1.82, 2.24) is 4.98 Å². The van der Waals surface area contributed by atoms with E-state index in [1.54, 1.807) is 6.07 Å². The zero-order valence-corrected chi connectivity index (χ0v) is 11.7. The summed E-state index contributed by atoms with van der Waals surface area (Å²) in [5, 5.41) is 3.48. The van der Waals surface area contributed by atoms with Gasteiger partial charge in [0.2, 0.25) is 0 Å². The van der Waals surface area contributed by atoms with Crippen molar-refractivity contribution < 1.29 is 9.53 Å². The molecule has 0 atom stereocenters. The molecule has 1 aromatic rings. The maximum Gasteiger partial charge on any atom is 0.339 e. The highest BCUT2D eigenvalue weighted by Crippen LogP contribution is 2.21. The Bertz CT molecular complexity index is 438. The highest BCUT2D eigenvalue weighted by molar-refractivity contribution is 5.90. The van der Waals surface area contributed by atoms with Crippen LogP contribution in [0.3, 0.4) is 0 Å². The van der Waals surface area contributed by atoms with Crippen molar-refractivity contribution >= 4 is 11.8 Å². The number of nitrogens with one attached hydrogen (secondary N) is 1. The number of carbonyl (C=O) groups excluding carboxylic acids is 1. The van der Waals surface area contributed by atoms with Crippen molar-refractivity contribution in [3.05, 3.63) is 23.4 Å². The van der Waals surface area contributed by atoms with Gasteiger partial charge in [-0.1, -0.05) is 25.7 Å². The molecule has 1 aliphatic carbocycles. The molecule has 0 aromatic carbocycles. The molecular formula is C15H22N2O2. The van der Waals surface area contributed by atoms with Crippen LogP contribution >= 0.6 is 0 Å². The standard InChI is InChI=1S/C15H22N2O2/c1-11-13(15(18)19-2)9-10-14(16-11)17-12-7-5-3-4-6-8-12/h9-10,12H,3-8H2,1-2H3,(H,16,17). The molecular weight excluding hydrogens is 240 g/mol. The van der Waals surface area contributed by atoms with Crippen molar-refractivity contribution in [3.8, 4) is 0 Å². The molecule has 1 heterocycles. The predicted octanol–water partition coefficient (Wildman–Crippen LogP) is 3.31. The van der Waals surface area contributed by atoms with Crippen LogP contribution in [0.25, 0.3) is 0 Å². The normalized spacial score (nSPS) is 16.7.